The third-order valence-corrected chi connectivity index (χ3v) is 11.3. The Balaban J connectivity index is 2.31. The van der Waals surface area contributed by atoms with Gasteiger partial charge in [-0.15, -0.1) is 0 Å². The van der Waals surface area contributed by atoms with Gasteiger partial charge in [0, 0.05) is 25.9 Å². The number of hydrogen-bond donors (Lipinski definition) is 15. The van der Waals surface area contributed by atoms with Crippen LogP contribution in [0.3, 0.4) is 0 Å². The van der Waals surface area contributed by atoms with Crippen LogP contribution in [0, 0.1) is 5.92 Å². The SMILES string of the molecule is CC(C)C[C@H](NC(=O)[C@H](CCCCN)NC(=O)[C@H](CCCN=C(N)N)NC(=O)[C@@H]1CCCN1C(=O)[C@H](CCC(=O)O)NC(=O)CNC(=O)[C@H](Cc1ccc(O)cc1)NC(=O)[C@H](C)NC(=O)[C@@H](N)CO)C(=O)O. The van der Waals surface area contributed by atoms with Gasteiger partial charge in [-0.1, -0.05) is 26.0 Å². The fraction of sp³-hybridized carbons (Fsp3) is 0.622. The number of aliphatic imine (C=N–C) groups is 1. The number of nitrogens with two attached hydrogens (primary N) is 4. The number of unbranched alkanes of at least 4 members (excludes halogenated alkanes) is 1. The Bertz CT molecular complexity index is 2050. The van der Waals surface area contributed by atoms with Gasteiger partial charge in [0.05, 0.1) is 13.2 Å². The minimum atomic E-state index is -1.53. The number of carbonyl (C=O) groups is 10. The van der Waals surface area contributed by atoms with Crippen molar-refractivity contribution in [2.75, 3.05) is 32.8 Å². The molecule has 2 rings (SSSR count). The van der Waals surface area contributed by atoms with Crippen molar-refractivity contribution >= 4 is 65.2 Å². The van der Waals surface area contributed by atoms with E-state index in [1.807, 2.05) is 0 Å². The van der Waals surface area contributed by atoms with Crippen molar-refractivity contribution < 1.29 is 68.4 Å². The van der Waals surface area contributed by atoms with Gasteiger partial charge in [0.1, 0.15) is 54.1 Å². The molecular formula is C45H73N13O14. The minimum absolute atomic E-state index is 0.0115. The zero-order chi connectivity index (χ0) is 54.1. The Labute approximate surface area is 416 Å². The Morgan fingerprint density at radius 1 is 0.736 bits per heavy atom. The standard InChI is InChI=1S/C45H73N13O14/c1-24(2)20-33(44(71)72)57-41(68)29(8-4-5-17-46)54-40(67)30(9-6-18-50-45(48)49)55-42(69)34-10-7-19-58(34)43(70)31(15-16-36(62)63)53-35(61)22-51-39(66)32(21-26-11-13-27(60)14-12-26)56-37(64)25(3)52-38(65)28(47)23-59/h11-14,24-25,28-34,59-60H,4-10,15-23,46-47H2,1-3H3,(H,51,66)(H,52,65)(H,53,61)(H,54,67)(H,55,69)(H,56,64)(H,57,68)(H,62,63)(H,71,72)(H4,48,49,50)/t25-,28-,29-,30-,31-,32-,33-,34-/m0/s1. The number of nitrogens with one attached hydrogen (secondary N) is 7. The van der Waals surface area contributed by atoms with Crippen molar-refractivity contribution in [1.82, 2.24) is 42.1 Å². The highest BCUT2D eigenvalue weighted by atomic mass is 16.4. The number of aliphatic hydroxyl groups excluding tert-OH is 1. The quantitative estimate of drug-likeness (QED) is 0.0184. The molecule has 0 radical (unpaired) electrons. The van der Waals surface area contributed by atoms with E-state index in [0.717, 1.165) is 4.90 Å². The molecule has 0 bridgehead atoms. The number of benzene rings is 1. The fourth-order valence-electron chi connectivity index (χ4n) is 7.45. The lowest BCUT2D eigenvalue weighted by atomic mass is 10.0. The van der Waals surface area contributed by atoms with Crippen LogP contribution in [-0.2, 0) is 54.4 Å². The largest absolute Gasteiger partial charge is 0.508 e. The average molecular weight is 1020 g/mol. The lowest BCUT2D eigenvalue weighted by molar-refractivity contribution is -0.143. The van der Waals surface area contributed by atoms with Gasteiger partial charge in [-0.25, -0.2) is 4.79 Å². The van der Waals surface area contributed by atoms with E-state index >= 15 is 0 Å². The van der Waals surface area contributed by atoms with E-state index in [-0.39, 0.29) is 82.2 Å². The number of aromatic hydroxyl groups is 1. The molecule has 0 aromatic heterocycles. The molecule has 1 saturated heterocycles. The van der Waals surface area contributed by atoms with Gasteiger partial charge >= 0.3 is 11.9 Å². The van der Waals surface area contributed by atoms with Gasteiger partial charge in [0.2, 0.25) is 47.3 Å². The molecule has 72 heavy (non-hydrogen) atoms. The average Bonchev–Trinajstić information content (AvgIpc) is 3.82. The number of likely N-dealkylation sites (tertiary alicyclic amines) is 1. The topological polar surface area (TPSA) is 456 Å². The number of carbonyl (C=O) groups excluding carboxylic acids is 8. The zero-order valence-corrected chi connectivity index (χ0v) is 40.9. The van der Waals surface area contributed by atoms with Gasteiger partial charge in [-0.05, 0) is 94.9 Å². The van der Waals surface area contributed by atoms with Crippen molar-refractivity contribution in [1.29, 1.82) is 0 Å². The maximum absolute atomic E-state index is 14.2. The molecule has 19 N–H and O–H groups in total. The lowest BCUT2D eigenvalue weighted by Crippen LogP contribution is -2.59. The van der Waals surface area contributed by atoms with Gasteiger partial charge < -0.3 is 85.5 Å². The molecule has 402 valence electrons. The smallest absolute Gasteiger partial charge is 0.326 e. The Hall–Kier alpha value is -7.13. The van der Waals surface area contributed by atoms with Crippen LogP contribution in [0.15, 0.2) is 29.3 Å². The Morgan fingerprint density at radius 3 is 1.93 bits per heavy atom. The number of nitrogens with zero attached hydrogens (tertiary/aromatic N) is 2. The number of phenols is 1. The molecule has 27 nitrogen and oxygen atoms in total. The van der Waals surface area contributed by atoms with Crippen LogP contribution in [-0.4, -0.2) is 172 Å². The number of aliphatic carboxylic acids is 2. The van der Waals surface area contributed by atoms with E-state index in [2.05, 4.69) is 42.2 Å². The first-order valence-electron chi connectivity index (χ1n) is 23.7. The Morgan fingerprint density at radius 2 is 1.35 bits per heavy atom. The van der Waals surface area contributed by atoms with Crippen LogP contribution >= 0.6 is 0 Å². The van der Waals surface area contributed by atoms with Crippen molar-refractivity contribution in [3.05, 3.63) is 29.8 Å². The van der Waals surface area contributed by atoms with Crippen molar-refractivity contribution in [2.45, 2.75) is 140 Å². The molecule has 1 fully saturated rings. The van der Waals surface area contributed by atoms with Crippen molar-refractivity contribution in [3.8, 4) is 5.75 Å². The predicted molar refractivity (Wildman–Crippen MR) is 259 cm³/mol. The molecule has 27 heteroatoms. The van der Waals surface area contributed by atoms with E-state index in [9.17, 15) is 68.4 Å². The van der Waals surface area contributed by atoms with Crippen molar-refractivity contribution in [2.24, 2.45) is 33.8 Å². The van der Waals surface area contributed by atoms with Crippen LogP contribution in [0.25, 0.3) is 0 Å². The number of carboxylic acid groups (broad SMARTS) is 2. The molecule has 1 aromatic rings. The third-order valence-electron chi connectivity index (χ3n) is 11.3. The summed E-state index contributed by atoms with van der Waals surface area (Å²) in [4.78, 5) is 137. The first kappa shape index (κ1) is 61.0. The molecule has 0 saturated carbocycles. The number of amides is 8. The predicted octanol–water partition coefficient (Wildman–Crippen LogP) is -4.53. The fourth-order valence-corrected chi connectivity index (χ4v) is 7.45. The molecule has 0 aliphatic carbocycles. The Kier molecular flexibility index (Phi) is 26.5. The normalized spacial score (nSPS) is 16.0. The van der Waals surface area contributed by atoms with E-state index in [4.69, 9.17) is 22.9 Å². The molecule has 0 spiro atoms. The van der Waals surface area contributed by atoms with Crippen LogP contribution < -0.4 is 60.2 Å². The summed E-state index contributed by atoms with van der Waals surface area (Å²) in [6.07, 6.45) is 0.329. The van der Waals surface area contributed by atoms with Crippen LogP contribution in [0.4, 0.5) is 0 Å². The van der Waals surface area contributed by atoms with E-state index < -0.39 is 134 Å². The molecule has 1 aromatic carbocycles. The summed E-state index contributed by atoms with van der Waals surface area (Å²) in [5, 5.41) is 55.5. The van der Waals surface area contributed by atoms with Gasteiger partial charge in [-0.2, -0.15) is 0 Å². The lowest BCUT2D eigenvalue weighted by Gasteiger charge is -2.30. The molecule has 1 aliphatic heterocycles. The first-order valence-corrected chi connectivity index (χ1v) is 23.7. The van der Waals surface area contributed by atoms with Gasteiger partial charge in [0.15, 0.2) is 5.96 Å². The number of phenolic OH excluding ortho intramolecular Hbond substituents is 1. The maximum atomic E-state index is 14.2. The molecule has 1 heterocycles. The molecule has 1 aliphatic rings. The number of carboxylic acids is 2. The summed E-state index contributed by atoms with van der Waals surface area (Å²) in [5.41, 5.74) is 22.6. The maximum Gasteiger partial charge on any atom is 0.326 e. The minimum Gasteiger partial charge on any atom is -0.508 e. The highest BCUT2D eigenvalue weighted by Gasteiger charge is 2.40. The monoisotopic (exact) mass is 1020 g/mol. The summed E-state index contributed by atoms with van der Waals surface area (Å²) >= 11 is 0. The second-order valence-electron chi connectivity index (χ2n) is 17.8. The van der Waals surface area contributed by atoms with Gasteiger partial charge in [-0.3, -0.25) is 48.1 Å². The molecule has 0 unspecified atom stereocenters. The van der Waals surface area contributed by atoms with Gasteiger partial charge in [0.25, 0.3) is 0 Å². The number of hydrogen-bond acceptors (Lipinski definition) is 15. The summed E-state index contributed by atoms with van der Waals surface area (Å²) < 4.78 is 0. The molecule has 8 atom stereocenters. The molecule has 8 amide bonds. The summed E-state index contributed by atoms with van der Waals surface area (Å²) in [5.74, 6) is -9.72. The summed E-state index contributed by atoms with van der Waals surface area (Å²) in [6, 6.07) is -4.85. The number of rotatable bonds is 32. The van der Waals surface area contributed by atoms with Crippen LogP contribution in [0.5, 0.6) is 5.75 Å². The summed E-state index contributed by atoms with van der Waals surface area (Å²) in [6.45, 7) is 3.70. The number of aliphatic hydroxyl groups is 1. The third kappa shape index (κ3) is 21.9. The zero-order valence-electron chi connectivity index (χ0n) is 40.9. The van der Waals surface area contributed by atoms with E-state index in [0.29, 0.717) is 18.4 Å². The van der Waals surface area contributed by atoms with Crippen LogP contribution in [0.2, 0.25) is 0 Å². The van der Waals surface area contributed by atoms with Crippen LogP contribution in [0.1, 0.15) is 90.5 Å². The highest BCUT2D eigenvalue weighted by molar-refractivity contribution is 5.98. The first-order chi connectivity index (χ1) is 34.0. The van der Waals surface area contributed by atoms with E-state index in [1.165, 1.54) is 31.2 Å². The summed E-state index contributed by atoms with van der Waals surface area (Å²) in [7, 11) is 0. The number of guanidine groups is 1. The van der Waals surface area contributed by atoms with Crippen molar-refractivity contribution in [3.63, 3.8) is 0 Å². The molecular weight excluding hydrogens is 947 g/mol. The second-order valence-corrected chi connectivity index (χ2v) is 17.8. The second kappa shape index (κ2) is 31.3. The van der Waals surface area contributed by atoms with E-state index in [1.54, 1.807) is 13.8 Å². The highest BCUT2D eigenvalue weighted by Crippen LogP contribution is 2.21.